The van der Waals surface area contributed by atoms with E-state index in [1.807, 2.05) is 13.8 Å². The van der Waals surface area contributed by atoms with Crippen LogP contribution >= 0.6 is 0 Å². The monoisotopic (exact) mass is 273 g/mol. The third-order valence-corrected chi connectivity index (χ3v) is 3.29. The summed E-state index contributed by atoms with van der Waals surface area (Å²) in [5, 5.41) is 3.29. The lowest BCUT2D eigenvalue weighted by molar-refractivity contribution is 0.357. The zero-order chi connectivity index (χ0) is 14.4. The fraction of sp³-hybridized carbons (Fsp3) is 0.600. The van der Waals surface area contributed by atoms with Gasteiger partial charge in [0.15, 0.2) is 17.5 Å². The molecule has 2 unspecified atom stereocenters. The second-order valence-corrected chi connectivity index (χ2v) is 5.00. The van der Waals surface area contributed by atoms with E-state index in [1.165, 1.54) is 0 Å². The molecule has 0 aliphatic heterocycles. The van der Waals surface area contributed by atoms with Crippen LogP contribution in [0, 0.1) is 23.4 Å². The molecule has 0 aliphatic rings. The molecule has 1 aromatic carbocycles. The summed E-state index contributed by atoms with van der Waals surface area (Å²) >= 11 is 0. The van der Waals surface area contributed by atoms with Gasteiger partial charge in [0.05, 0.1) is 0 Å². The Morgan fingerprint density at radius 2 is 1.63 bits per heavy atom. The summed E-state index contributed by atoms with van der Waals surface area (Å²) in [6.45, 7) is 6.90. The van der Waals surface area contributed by atoms with Gasteiger partial charge in [-0.2, -0.15) is 0 Å². The van der Waals surface area contributed by atoms with Crippen LogP contribution in [-0.2, 0) is 0 Å². The van der Waals surface area contributed by atoms with Gasteiger partial charge in [0, 0.05) is 6.04 Å². The van der Waals surface area contributed by atoms with Crippen molar-refractivity contribution in [3.8, 4) is 0 Å². The van der Waals surface area contributed by atoms with Crippen LogP contribution < -0.4 is 5.32 Å². The van der Waals surface area contributed by atoms with Crippen molar-refractivity contribution >= 4 is 0 Å². The molecule has 0 bridgehead atoms. The SMILES string of the molecule is CCCNC(c1cc(F)c(F)c(F)c1)C(C)CCC. The van der Waals surface area contributed by atoms with E-state index in [0.29, 0.717) is 5.56 Å². The molecule has 0 aromatic heterocycles. The van der Waals surface area contributed by atoms with Crippen molar-refractivity contribution in [2.75, 3.05) is 6.54 Å². The molecule has 0 spiro atoms. The molecule has 1 aromatic rings. The van der Waals surface area contributed by atoms with Crippen molar-refractivity contribution in [2.24, 2.45) is 5.92 Å². The summed E-state index contributed by atoms with van der Waals surface area (Å²) < 4.78 is 39.7. The molecule has 1 N–H and O–H groups in total. The number of halogens is 3. The molecule has 0 saturated carbocycles. The lowest BCUT2D eigenvalue weighted by Gasteiger charge is -2.25. The molecule has 0 radical (unpaired) electrons. The zero-order valence-electron chi connectivity index (χ0n) is 11.8. The predicted octanol–water partition coefficient (Wildman–Crippen LogP) is 4.58. The average molecular weight is 273 g/mol. The Balaban J connectivity index is 3.02. The minimum absolute atomic E-state index is 0.149. The van der Waals surface area contributed by atoms with Crippen molar-refractivity contribution < 1.29 is 13.2 Å². The van der Waals surface area contributed by atoms with Crippen LogP contribution in [0.3, 0.4) is 0 Å². The first-order valence-corrected chi connectivity index (χ1v) is 6.89. The van der Waals surface area contributed by atoms with Crippen LogP contribution in [0.2, 0.25) is 0 Å². The molecule has 1 nitrogen and oxygen atoms in total. The highest BCUT2D eigenvalue weighted by Gasteiger charge is 2.21. The van der Waals surface area contributed by atoms with E-state index in [2.05, 4.69) is 12.2 Å². The summed E-state index contributed by atoms with van der Waals surface area (Å²) in [5.74, 6) is -3.41. The first-order chi connectivity index (χ1) is 9.01. The molecular formula is C15H22F3N. The quantitative estimate of drug-likeness (QED) is 0.717. The maximum atomic E-state index is 13.3. The maximum absolute atomic E-state index is 13.3. The lowest BCUT2D eigenvalue weighted by Crippen LogP contribution is -2.28. The van der Waals surface area contributed by atoms with E-state index >= 15 is 0 Å². The number of benzene rings is 1. The van der Waals surface area contributed by atoms with Gasteiger partial charge < -0.3 is 5.32 Å². The van der Waals surface area contributed by atoms with E-state index in [4.69, 9.17) is 0 Å². The highest BCUT2D eigenvalue weighted by atomic mass is 19.2. The van der Waals surface area contributed by atoms with Crippen LogP contribution in [0.15, 0.2) is 12.1 Å². The smallest absolute Gasteiger partial charge is 0.194 e. The molecule has 0 amide bonds. The minimum Gasteiger partial charge on any atom is -0.310 e. The zero-order valence-corrected chi connectivity index (χ0v) is 11.8. The molecule has 4 heteroatoms. The molecule has 0 aliphatic carbocycles. The fourth-order valence-electron chi connectivity index (χ4n) is 2.32. The molecular weight excluding hydrogens is 251 g/mol. The Hall–Kier alpha value is -1.03. The standard InChI is InChI=1S/C15H22F3N/c1-4-6-10(3)15(19-7-5-2)11-8-12(16)14(18)13(17)9-11/h8-10,15,19H,4-7H2,1-3H3. The normalized spacial score (nSPS) is 14.4. The van der Waals surface area contributed by atoms with Gasteiger partial charge in [-0.15, -0.1) is 0 Å². The summed E-state index contributed by atoms with van der Waals surface area (Å²) in [6.07, 6.45) is 2.88. The van der Waals surface area contributed by atoms with Crippen molar-refractivity contribution in [1.29, 1.82) is 0 Å². The second-order valence-electron chi connectivity index (χ2n) is 5.00. The summed E-state index contributed by atoms with van der Waals surface area (Å²) in [5.41, 5.74) is 0.478. The summed E-state index contributed by atoms with van der Waals surface area (Å²) in [7, 11) is 0. The van der Waals surface area contributed by atoms with Gasteiger partial charge in [0.1, 0.15) is 0 Å². The Labute approximate surface area is 113 Å². The highest BCUT2D eigenvalue weighted by molar-refractivity contribution is 5.23. The van der Waals surface area contributed by atoms with Crippen molar-refractivity contribution in [1.82, 2.24) is 5.32 Å². The topological polar surface area (TPSA) is 12.0 Å². The molecule has 0 fully saturated rings. The predicted molar refractivity (Wildman–Crippen MR) is 71.4 cm³/mol. The average Bonchev–Trinajstić information content (AvgIpc) is 2.36. The van der Waals surface area contributed by atoms with Crippen molar-refractivity contribution in [3.63, 3.8) is 0 Å². The summed E-state index contributed by atoms with van der Waals surface area (Å²) in [4.78, 5) is 0. The number of hydrogen-bond donors (Lipinski definition) is 1. The molecule has 108 valence electrons. The second kappa shape index (κ2) is 7.53. The first-order valence-electron chi connectivity index (χ1n) is 6.89. The molecule has 2 atom stereocenters. The van der Waals surface area contributed by atoms with Crippen molar-refractivity contribution in [3.05, 3.63) is 35.1 Å². The van der Waals surface area contributed by atoms with Crippen molar-refractivity contribution in [2.45, 2.75) is 46.1 Å². The van der Waals surface area contributed by atoms with Crippen LogP contribution in [0.1, 0.15) is 51.6 Å². The van der Waals surface area contributed by atoms with Gasteiger partial charge in [0.2, 0.25) is 0 Å². The molecule has 19 heavy (non-hydrogen) atoms. The fourth-order valence-corrected chi connectivity index (χ4v) is 2.32. The summed E-state index contributed by atoms with van der Waals surface area (Å²) in [6, 6.07) is 2.04. The van der Waals surface area contributed by atoms with E-state index in [1.54, 1.807) is 0 Å². The van der Waals surface area contributed by atoms with Gasteiger partial charge in [0.25, 0.3) is 0 Å². The van der Waals surface area contributed by atoms with E-state index in [-0.39, 0.29) is 12.0 Å². The Morgan fingerprint density at radius 3 is 2.11 bits per heavy atom. The molecule has 1 rings (SSSR count). The van der Waals surface area contributed by atoms with Crippen LogP contribution in [-0.4, -0.2) is 6.54 Å². The van der Waals surface area contributed by atoms with Crippen LogP contribution in [0.25, 0.3) is 0 Å². The van der Waals surface area contributed by atoms with Gasteiger partial charge in [-0.1, -0.05) is 27.2 Å². The third kappa shape index (κ3) is 4.23. The third-order valence-electron chi connectivity index (χ3n) is 3.29. The minimum atomic E-state index is -1.40. The molecule has 0 heterocycles. The largest absolute Gasteiger partial charge is 0.310 e. The Morgan fingerprint density at radius 1 is 1.05 bits per heavy atom. The van der Waals surface area contributed by atoms with E-state index in [0.717, 1.165) is 37.9 Å². The van der Waals surface area contributed by atoms with E-state index < -0.39 is 17.5 Å². The highest BCUT2D eigenvalue weighted by Crippen LogP contribution is 2.27. The van der Waals surface area contributed by atoms with Crippen LogP contribution in [0.5, 0.6) is 0 Å². The Kier molecular flexibility index (Phi) is 6.35. The van der Waals surface area contributed by atoms with Gasteiger partial charge in [-0.25, -0.2) is 13.2 Å². The molecule has 0 saturated heterocycles. The van der Waals surface area contributed by atoms with Gasteiger partial charge >= 0.3 is 0 Å². The maximum Gasteiger partial charge on any atom is 0.194 e. The first kappa shape index (κ1) is 16.0. The van der Waals surface area contributed by atoms with Gasteiger partial charge in [-0.3, -0.25) is 0 Å². The Bertz CT molecular complexity index is 383. The van der Waals surface area contributed by atoms with E-state index in [9.17, 15) is 13.2 Å². The van der Waals surface area contributed by atoms with Gasteiger partial charge in [-0.05, 0) is 43.0 Å². The lowest BCUT2D eigenvalue weighted by atomic mass is 9.90. The van der Waals surface area contributed by atoms with Crippen LogP contribution in [0.4, 0.5) is 13.2 Å². The number of rotatable bonds is 7. The number of nitrogens with one attached hydrogen (secondary N) is 1. The number of hydrogen-bond acceptors (Lipinski definition) is 1.